The van der Waals surface area contributed by atoms with E-state index in [-0.39, 0.29) is 5.41 Å². The predicted octanol–water partition coefficient (Wildman–Crippen LogP) is 2.90. The average Bonchev–Trinajstić information content (AvgIpc) is 3.14. The van der Waals surface area contributed by atoms with E-state index in [2.05, 4.69) is 28.0 Å². The molecular formula is C23H32N2O3. The van der Waals surface area contributed by atoms with E-state index in [1.165, 1.54) is 31.5 Å². The first-order valence-corrected chi connectivity index (χ1v) is 10.8. The molecule has 0 radical (unpaired) electrons. The number of hydrogen-bond donors (Lipinski definition) is 0. The molecule has 6 rings (SSSR count). The Morgan fingerprint density at radius 3 is 2.61 bits per heavy atom. The first-order chi connectivity index (χ1) is 13.7. The molecule has 0 aromatic heterocycles. The maximum absolute atomic E-state index is 13.8. The Hall–Kier alpha value is -1.59. The van der Waals surface area contributed by atoms with Gasteiger partial charge in [0, 0.05) is 25.6 Å². The van der Waals surface area contributed by atoms with Crippen LogP contribution < -0.4 is 4.74 Å². The van der Waals surface area contributed by atoms with Crippen LogP contribution in [0.4, 0.5) is 0 Å². The molecule has 5 heteroatoms. The highest BCUT2D eigenvalue weighted by atomic mass is 16.5. The molecule has 28 heavy (non-hydrogen) atoms. The molecule has 1 aliphatic carbocycles. The van der Waals surface area contributed by atoms with Gasteiger partial charge in [0.1, 0.15) is 5.75 Å². The second-order valence-electron chi connectivity index (χ2n) is 9.26. The van der Waals surface area contributed by atoms with Crippen molar-refractivity contribution in [1.29, 1.82) is 0 Å². The molecule has 5 nitrogen and oxygen atoms in total. The minimum Gasteiger partial charge on any atom is -0.497 e. The van der Waals surface area contributed by atoms with Crippen LogP contribution in [0.1, 0.15) is 43.6 Å². The molecule has 152 valence electrons. The number of ether oxygens (including phenoxy) is 2. The van der Waals surface area contributed by atoms with Gasteiger partial charge in [-0.3, -0.25) is 9.69 Å². The molecule has 1 saturated carbocycles. The Morgan fingerprint density at radius 2 is 1.96 bits per heavy atom. The van der Waals surface area contributed by atoms with Gasteiger partial charge in [-0.05, 0) is 62.4 Å². The van der Waals surface area contributed by atoms with Crippen molar-refractivity contribution in [1.82, 2.24) is 9.80 Å². The van der Waals surface area contributed by atoms with Crippen LogP contribution in [0.15, 0.2) is 24.3 Å². The van der Waals surface area contributed by atoms with Crippen LogP contribution in [0.2, 0.25) is 0 Å². The van der Waals surface area contributed by atoms with Crippen LogP contribution >= 0.6 is 0 Å². The molecule has 3 atom stereocenters. The van der Waals surface area contributed by atoms with Crippen LogP contribution in [-0.2, 0) is 9.53 Å². The van der Waals surface area contributed by atoms with Gasteiger partial charge >= 0.3 is 0 Å². The lowest BCUT2D eigenvalue weighted by molar-refractivity contribution is -0.156. The molecule has 0 N–H and O–H groups in total. The number of carbonyl (C=O) groups excluding carboxylic acids is 1. The second kappa shape index (κ2) is 7.03. The predicted molar refractivity (Wildman–Crippen MR) is 107 cm³/mol. The van der Waals surface area contributed by atoms with E-state index in [0.29, 0.717) is 36.4 Å². The Labute approximate surface area is 168 Å². The average molecular weight is 385 g/mol. The van der Waals surface area contributed by atoms with Crippen molar-refractivity contribution in [3.05, 3.63) is 29.8 Å². The van der Waals surface area contributed by atoms with Gasteiger partial charge in [0.05, 0.1) is 25.2 Å². The molecule has 2 bridgehead atoms. The zero-order valence-electron chi connectivity index (χ0n) is 17.1. The van der Waals surface area contributed by atoms with E-state index in [9.17, 15) is 4.79 Å². The maximum Gasteiger partial charge on any atom is 0.231 e. The fraction of sp³-hybridized carbons (Fsp3) is 0.696. The lowest BCUT2D eigenvalue weighted by Crippen LogP contribution is -2.62. The number of benzene rings is 1. The summed E-state index contributed by atoms with van der Waals surface area (Å²) in [6, 6.07) is 9.29. The highest BCUT2D eigenvalue weighted by Crippen LogP contribution is 2.50. The summed E-state index contributed by atoms with van der Waals surface area (Å²) < 4.78 is 11.0. The number of fused-ring (bicyclic) bond motifs is 2. The maximum atomic E-state index is 13.8. The molecule has 4 aliphatic heterocycles. The van der Waals surface area contributed by atoms with Crippen LogP contribution in [-0.4, -0.2) is 68.3 Å². The van der Waals surface area contributed by atoms with Gasteiger partial charge in [-0.25, -0.2) is 0 Å². The van der Waals surface area contributed by atoms with Crippen molar-refractivity contribution in [2.75, 3.05) is 40.5 Å². The van der Waals surface area contributed by atoms with Gasteiger partial charge < -0.3 is 14.4 Å². The van der Waals surface area contributed by atoms with Gasteiger partial charge in [0.15, 0.2) is 0 Å². The summed E-state index contributed by atoms with van der Waals surface area (Å²) in [5.41, 5.74) is 1.04. The quantitative estimate of drug-likeness (QED) is 0.783. The summed E-state index contributed by atoms with van der Waals surface area (Å²) in [4.78, 5) is 18.7. The minimum absolute atomic E-state index is 0.269. The normalized spacial score (nSPS) is 35.4. The number of methoxy groups -OCH3 is 2. The van der Waals surface area contributed by atoms with Crippen molar-refractivity contribution < 1.29 is 14.3 Å². The Bertz CT molecular complexity index is 739. The van der Waals surface area contributed by atoms with Gasteiger partial charge in [0.2, 0.25) is 5.91 Å². The molecule has 0 unspecified atom stereocenters. The van der Waals surface area contributed by atoms with Gasteiger partial charge in [0.25, 0.3) is 0 Å². The van der Waals surface area contributed by atoms with Crippen molar-refractivity contribution in [3.63, 3.8) is 0 Å². The zero-order valence-corrected chi connectivity index (χ0v) is 17.1. The molecule has 5 aliphatic rings. The summed E-state index contributed by atoms with van der Waals surface area (Å²) in [7, 11) is 3.46. The number of amides is 1. The standard InChI is InChI=1S/C23H32N2O3/c1-27-15-23(9-4-10-23)22(26)25-14-19(17-5-3-6-18(13-17)28-2)21-20(25)16-7-11-24(21)12-8-16/h3,5-6,13,16,19-21H,4,7-12,14-15H2,1-2H3/t19-,20+,21+/m0/s1. The third kappa shape index (κ3) is 2.70. The number of likely N-dealkylation sites (tertiary alicyclic amines) is 1. The zero-order chi connectivity index (χ0) is 19.3. The van der Waals surface area contributed by atoms with E-state index in [1.807, 2.05) is 6.07 Å². The highest BCUT2D eigenvalue weighted by molar-refractivity contribution is 5.85. The lowest BCUT2D eigenvalue weighted by atomic mass is 9.67. The molecule has 4 heterocycles. The molecule has 5 fully saturated rings. The molecule has 4 saturated heterocycles. The number of nitrogens with zero attached hydrogens (tertiary/aromatic N) is 2. The van der Waals surface area contributed by atoms with Crippen molar-refractivity contribution in [2.45, 2.75) is 50.1 Å². The Kier molecular flexibility index (Phi) is 4.63. The summed E-state index contributed by atoms with van der Waals surface area (Å²) in [6.45, 7) is 3.76. The van der Waals surface area contributed by atoms with Gasteiger partial charge in [-0.1, -0.05) is 18.6 Å². The Balaban J connectivity index is 1.49. The summed E-state index contributed by atoms with van der Waals surface area (Å²) in [6.07, 6.45) is 5.56. The largest absolute Gasteiger partial charge is 0.497 e. The number of carbonyl (C=O) groups is 1. The number of rotatable bonds is 5. The topological polar surface area (TPSA) is 42.0 Å². The molecular weight excluding hydrogens is 352 g/mol. The smallest absolute Gasteiger partial charge is 0.231 e. The van der Waals surface area contributed by atoms with Crippen molar-refractivity contribution >= 4 is 5.91 Å². The minimum atomic E-state index is -0.269. The first kappa shape index (κ1) is 18.4. The van der Waals surface area contributed by atoms with Crippen LogP contribution in [0, 0.1) is 11.3 Å². The van der Waals surface area contributed by atoms with E-state index in [0.717, 1.165) is 31.6 Å². The number of piperidine rings is 3. The summed E-state index contributed by atoms with van der Waals surface area (Å²) in [5, 5.41) is 0. The van der Waals surface area contributed by atoms with E-state index in [4.69, 9.17) is 9.47 Å². The lowest BCUT2D eigenvalue weighted by Gasteiger charge is -2.52. The van der Waals surface area contributed by atoms with E-state index in [1.54, 1.807) is 14.2 Å². The summed E-state index contributed by atoms with van der Waals surface area (Å²) in [5.74, 6) is 2.28. The molecule has 1 aromatic rings. The second-order valence-corrected chi connectivity index (χ2v) is 9.26. The molecule has 0 spiro atoms. The highest BCUT2D eigenvalue weighted by Gasteiger charge is 2.58. The van der Waals surface area contributed by atoms with Crippen LogP contribution in [0.3, 0.4) is 0 Å². The Morgan fingerprint density at radius 1 is 1.18 bits per heavy atom. The van der Waals surface area contributed by atoms with E-state index < -0.39 is 0 Å². The monoisotopic (exact) mass is 384 g/mol. The SMILES string of the molecule is COCC1(C(=O)N2C[C@@H](c3cccc(OC)c3)[C@@H]3[C@H]2C2CCN3CC2)CCC1. The van der Waals surface area contributed by atoms with Crippen molar-refractivity contribution in [3.8, 4) is 5.75 Å². The first-order valence-electron chi connectivity index (χ1n) is 10.8. The van der Waals surface area contributed by atoms with E-state index >= 15 is 0 Å². The van der Waals surface area contributed by atoms with Crippen LogP contribution in [0.5, 0.6) is 5.75 Å². The fourth-order valence-corrected chi connectivity index (χ4v) is 6.42. The third-order valence-corrected chi connectivity index (χ3v) is 7.96. The summed E-state index contributed by atoms with van der Waals surface area (Å²) >= 11 is 0. The van der Waals surface area contributed by atoms with Gasteiger partial charge in [-0.2, -0.15) is 0 Å². The van der Waals surface area contributed by atoms with Gasteiger partial charge in [-0.15, -0.1) is 0 Å². The molecule has 1 amide bonds. The third-order valence-electron chi connectivity index (χ3n) is 7.96. The molecule has 1 aromatic carbocycles. The van der Waals surface area contributed by atoms with Crippen LogP contribution in [0.25, 0.3) is 0 Å². The number of hydrogen-bond acceptors (Lipinski definition) is 4. The van der Waals surface area contributed by atoms with Crippen molar-refractivity contribution in [2.24, 2.45) is 11.3 Å². The fourth-order valence-electron chi connectivity index (χ4n) is 6.42.